The molecule has 0 spiro atoms. The van der Waals surface area contributed by atoms with Crippen molar-refractivity contribution in [1.82, 2.24) is 9.80 Å². The molecule has 0 N–H and O–H groups in total. The number of rotatable bonds is 10. The van der Waals surface area contributed by atoms with E-state index in [0.29, 0.717) is 37.6 Å². The van der Waals surface area contributed by atoms with Crippen molar-refractivity contribution in [2.75, 3.05) is 26.2 Å². The number of ether oxygens (including phenoxy) is 2. The Labute approximate surface area is 213 Å². The quantitative estimate of drug-likeness (QED) is 0.396. The van der Waals surface area contributed by atoms with Gasteiger partial charge in [-0.1, -0.05) is 55.5 Å². The van der Waals surface area contributed by atoms with Crippen molar-refractivity contribution in [2.24, 2.45) is 0 Å². The molecule has 0 aromatic heterocycles. The zero-order valence-electron chi connectivity index (χ0n) is 20.8. The second-order valence-electron chi connectivity index (χ2n) is 9.01. The highest BCUT2D eigenvalue weighted by Gasteiger charge is 2.29. The summed E-state index contributed by atoms with van der Waals surface area (Å²) in [7, 11) is 0. The molecule has 188 valence electrons. The van der Waals surface area contributed by atoms with Crippen molar-refractivity contribution in [3.63, 3.8) is 0 Å². The van der Waals surface area contributed by atoms with E-state index in [-0.39, 0.29) is 24.5 Å². The monoisotopic (exact) mass is 486 g/mol. The highest BCUT2D eigenvalue weighted by molar-refractivity contribution is 5.94. The van der Waals surface area contributed by atoms with E-state index in [2.05, 4.69) is 6.92 Å². The predicted molar refractivity (Wildman–Crippen MR) is 140 cm³/mol. The zero-order valence-corrected chi connectivity index (χ0v) is 20.8. The largest absolute Gasteiger partial charge is 0.489 e. The predicted octanol–water partition coefficient (Wildman–Crippen LogP) is 5.19. The van der Waals surface area contributed by atoms with Gasteiger partial charge in [-0.15, -0.1) is 0 Å². The van der Waals surface area contributed by atoms with E-state index < -0.39 is 0 Å². The molecule has 1 saturated heterocycles. The summed E-state index contributed by atoms with van der Waals surface area (Å²) in [4.78, 5) is 29.6. The van der Waals surface area contributed by atoms with Crippen LogP contribution in [0.2, 0.25) is 0 Å². The summed E-state index contributed by atoms with van der Waals surface area (Å²) >= 11 is 0. The molecule has 4 rings (SSSR count). The molecule has 0 atom stereocenters. The van der Waals surface area contributed by atoms with Crippen LogP contribution in [0, 0.1) is 0 Å². The van der Waals surface area contributed by atoms with Gasteiger partial charge < -0.3 is 19.3 Å². The average molecular weight is 487 g/mol. The molecule has 3 aromatic rings. The molecule has 0 saturated carbocycles. The first-order chi connectivity index (χ1) is 17.6. The van der Waals surface area contributed by atoms with Crippen LogP contribution in [-0.2, 0) is 11.4 Å². The Balaban J connectivity index is 1.25. The third-order valence-corrected chi connectivity index (χ3v) is 6.43. The van der Waals surface area contributed by atoms with Crippen molar-refractivity contribution in [3.05, 3.63) is 96.1 Å². The van der Waals surface area contributed by atoms with Crippen LogP contribution in [0.1, 0.15) is 42.1 Å². The summed E-state index contributed by atoms with van der Waals surface area (Å²) in [6.07, 6.45) is 2.43. The lowest BCUT2D eigenvalue weighted by Crippen LogP contribution is -2.50. The minimum Gasteiger partial charge on any atom is -0.489 e. The van der Waals surface area contributed by atoms with Crippen LogP contribution in [0.25, 0.3) is 0 Å². The van der Waals surface area contributed by atoms with Crippen LogP contribution in [-0.4, -0.2) is 53.9 Å². The standard InChI is InChI=1S/C30H34N2O4/c1-2-19-32(26-17-20-31(21-18-26)30(34)25-11-7-4-8-12-25)29(33)23-36-28-15-13-27(14-16-28)35-22-24-9-5-3-6-10-24/h3-16,26H,2,17-23H2,1H3. The summed E-state index contributed by atoms with van der Waals surface area (Å²) in [6, 6.07) is 26.9. The van der Waals surface area contributed by atoms with E-state index in [4.69, 9.17) is 9.47 Å². The van der Waals surface area contributed by atoms with Gasteiger partial charge in [-0.25, -0.2) is 0 Å². The van der Waals surface area contributed by atoms with Crippen molar-refractivity contribution in [3.8, 4) is 11.5 Å². The van der Waals surface area contributed by atoms with Crippen LogP contribution in [0.3, 0.4) is 0 Å². The van der Waals surface area contributed by atoms with Gasteiger partial charge in [0.1, 0.15) is 18.1 Å². The second kappa shape index (κ2) is 12.8. The number of likely N-dealkylation sites (tertiary alicyclic amines) is 1. The first-order valence-corrected chi connectivity index (χ1v) is 12.7. The summed E-state index contributed by atoms with van der Waals surface area (Å²) in [5.74, 6) is 1.42. The third-order valence-electron chi connectivity index (χ3n) is 6.43. The van der Waals surface area contributed by atoms with Gasteiger partial charge in [-0.2, -0.15) is 0 Å². The molecule has 6 nitrogen and oxygen atoms in total. The number of carbonyl (C=O) groups excluding carboxylic acids is 2. The van der Waals surface area contributed by atoms with Gasteiger partial charge >= 0.3 is 0 Å². The number of carbonyl (C=O) groups is 2. The Morgan fingerprint density at radius 2 is 1.42 bits per heavy atom. The normalized spacial score (nSPS) is 13.8. The summed E-state index contributed by atoms with van der Waals surface area (Å²) in [5.41, 5.74) is 1.82. The Bertz CT molecular complexity index is 1090. The van der Waals surface area contributed by atoms with Gasteiger partial charge in [0.25, 0.3) is 11.8 Å². The van der Waals surface area contributed by atoms with Gasteiger partial charge in [0.15, 0.2) is 6.61 Å². The molecule has 0 bridgehead atoms. The van der Waals surface area contributed by atoms with Gasteiger partial charge in [-0.3, -0.25) is 9.59 Å². The highest BCUT2D eigenvalue weighted by atomic mass is 16.5. The van der Waals surface area contributed by atoms with Crippen LogP contribution >= 0.6 is 0 Å². The topological polar surface area (TPSA) is 59.1 Å². The van der Waals surface area contributed by atoms with Crippen LogP contribution < -0.4 is 9.47 Å². The van der Waals surface area contributed by atoms with E-state index >= 15 is 0 Å². The first-order valence-electron chi connectivity index (χ1n) is 12.7. The SMILES string of the molecule is CCCN(C(=O)COc1ccc(OCc2ccccc2)cc1)C1CCN(C(=O)c2ccccc2)CC1. The van der Waals surface area contributed by atoms with Crippen molar-refractivity contribution in [1.29, 1.82) is 0 Å². The minimum atomic E-state index is -0.0194. The van der Waals surface area contributed by atoms with Crippen molar-refractivity contribution < 1.29 is 19.1 Å². The smallest absolute Gasteiger partial charge is 0.260 e. The Morgan fingerprint density at radius 1 is 0.833 bits per heavy atom. The fraction of sp³-hybridized carbons (Fsp3) is 0.333. The maximum atomic E-state index is 13.1. The van der Waals surface area contributed by atoms with Crippen LogP contribution in [0.15, 0.2) is 84.9 Å². The molecule has 1 aliphatic heterocycles. The van der Waals surface area contributed by atoms with E-state index in [9.17, 15) is 9.59 Å². The minimum absolute atomic E-state index is 0.00657. The van der Waals surface area contributed by atoms with Crippen molar-refractivity contribution >= 4 is 11.8 Å². The number of hydrogen-bond donors (Lipinski definition) is 0. The van der Waals surface area contributed by atoms with E-state index in [1.165, 1.54) is 0 Å². The molecule has 0 radical (unpaired) electrons. The Hall–Kier alpha value is -3.80. The second-order valence-corrected chi connectivity index (χ2v) is 9.01. The zero-order chi connectivity index (χ0) is 25.2. The molecular formula is C30H34N2O4. The van der Waals surface area contributed by atoms with Gasteiger partial charge in [0, 0.05) is 31.2 Å². The Morgan fingerprint density at radius 3 is 2.03 bits per heavy atom. The number of amides is 2. The Kier molecular flexibility index (Phi) is 8.98. The number of hydrogen-bond acceptors (Lipinski definition) is 4. The number of nitrogens with zero attached hydrogens (tertiary/aromatic N) is 2. The molecule has 1 aliphatic rings. The van der Waals surface area contributed by atoms with E-state index in [0.717, 1.165) is 30.6 Å². The third kappa shape index (κ3) is 6.87. The average Bonchev–Trinajstić information content (AvgIpc) is 2.95. The molecular weight excluding hydrogens is 452 g/mol. The maximum Gasteiger partial charge on any atom is 0.260 e. The summed E-state index contributed by atoms with van der Waals surface area (Å²) in [5, 5.41) is 0. The molecule has 0 aliphatic carbocycles. The van der Waals surface area contributed by atoms with Crippen molar-refractivity contribution in [2.45, 2.75) is 38.8 Å². The molecule has 2 amide bonds. The number of benzene rings is 3. The van der Waals surface area contributed by atoms with E-state index in [1.807, 2.05) is 94.7 Å². The van der Waals surface area contributed by atoms with Gasteiger partial charge in [-0.05, 0) is 61.2 Å². The fourth-order valence-electron chi connectivity index (χ4n) is 4.50. The lowest BCUT2D eigenvalue weighted by atomic mass is 10.0. The van der Waals surface area contributed by atoms with Gasteiger partial charge in [0.2, 0.25) is 0 Å². The van der Waals surface area contributed by atoms with Crippen LogP contribution in [0.4, 0.5) is 0 Å². The maximum absolute atomic E-state index is 13.1. The first kappa shape index (κ1) is 25.3. The molecule has 1 heterocycles. The van der Waals surface area contributed by atoms with Crippen LogP contribution in [0.5, 0.6) is 11.5 Å². The summed E-state index contributed by atoms with van der Waals surface area (Å²) in [6.45, 7) is 4.55. The fourth-order valence-corrected chi connectivity index (χ4v) is 4.50. The summed E-state index contributed by atoms with van der Waals surface area (Å²) < 4.78 is 11.6. The lowest BCUT2D eigenvalue weighted by molar-refractivity contribution is -0.136. The molecule has 36 heavy (non-hydrogen) atoms. The molecule has 6 heteroatoms. The molecule has 1 fully saturated rings. The lowest BCUT2D eigenvalue weighted by Gasteiger charge is -2.38. The van der Waals surface area contributed by atoms with Gasteiger partial charge in [0.05, 0.1) is 0 Å². The molecule has 0 unspecified atom stereocenters. The van der Waals surface area contributed by atoms with E-state index in [1.54, 1.807) is 0 Å². The highest BCUT2D eigenvalue weighted by Crippen LogP contribution is 2.21. The molecule has 3 aromatic carbocycles. The number of piperidine rings is 1.